The summed E-state index contributed by atoms with van der Waals surface area (Å²) in [7, 11) is 0. The van der Waals surface area contributed by atoms with Crippen molar-refractivity contribution in [2.75, 3.05) is 5.32 Å². The molecule has 21 heavy (non-hydrogen) atoms. The van der Waals surface area contributed by atoms with Gasteiger partial charge in [-0.2, -0.15) is 4.68 Å². The third-order valence-electron chi connectivity index (χ3n) is 2.74. The predicted molar refractivity (Wildman–Crippen MR) is 73.3 cm³/mol. The largest absolute Gasteiger partial charge is 0.481 e. The highest BCUT2D eigenvalue weighted by Crippen LogP contribution is 2.35. The number of para-hydroxylation sites is 1. The third-order valence-corrected chi connectivity index (χ3v) is 2.74. The minimum Gasteiger partial charge on any atom is -0.481 e. The minimum absolute atomic E-state index is 0.243. The number of ether oxygens (including phenoxy) is 2. The van der Waals surface area contributed by atoms with Crippen LogP contribution < -0.4 is 10.1 Å². The van der Waals surface area contributed by atoms with Crippen molar-refractivity contribution in [3.63, 3.8) is 0 Å². The molecule has 1 amide bonds. The van der Waals surface area contributed by atoms with Crippen LogP contribution in [0.15, 0.2) is 18.2 Å². The standard InChI is InChI=1S/C13H15N5O3/c1-13(2,3)21-12(19)14-8-5-4-6-9-11(8)20-7-10-15-16-17-18(9)10/h4-6H,7H2,1-3H3,(H,14,19). The quantitative estimate of drug-likeness (QED) is 0.862. The molecule has 1 N–H and O–H groups in total. The molecule has 8 heteroatoms. The molecule has 2 aromatic rings. The number of benzene rings is 1. The summed E-state index contributed by atoms with van der Waals surface area (Å²) in [5.74, 6) is 1.13. The van der Waals surface area contributed by atoms with Crippen LogP contribution in [0, 0.1) is 0 Å². The summed E-state index contributed by atoms with van der Waals surface area (Å²) in [4.78, 5) is 11.9. The highest BCUT2D eigenvalue weighted by atomic mass is 16.6. The van der Waals surface area contributed by atoms with E-state index in [9.17, 15) is 4.79 Å². The number of hydrogen-bond acceptors (Lipinski definition) is 6. The monoisotopic (exact) mass is 289 g/mol. The zero-order valence-electron chi connectivity index (χ0n) is 12.0. The van der Waals surface area contributed by atoms with Crippen LogP contribution in [0.1, 0.15) is 26.6 Å². The van der Waals surface area contributed by atoms with Gasteiger partial charge in [-0.25, -0.2) is 4.79 Å². The van der Waals surface area contributed by atoms with Crippen LogP contribution in [0.3, 0.4) is 0 Å². The van der Waals surface area contributed by atoms with E-state index in [0.717, 1.165) is 0 Å². The Morgan fingerprint density at radius 1 is 1.43 bits per heavy atom. The van der Waals surface area contributed by atoms with E-state index in [1.54, 1.807) is 37.6 Å². The van der Waals surface area contributed by atoms with Crippen LogP contribution in [0.25, 0.3) is 5.69 Å². The van der Waals surface area contributed by atoms with Crippen molar-refractivity contribution in [1.29, 1.82) is 0 Å². The fourth-order valence-electron chi connectivity index (χ4n) is 1.97. The molecule has 0 saturated carbocycles. The lowest BCUT2D eigenvalue weighted by Crippen LogP contribution is -2.27. The Bertz CT molecular complexity index is 689. The highest BCUT2D eigenvalue weighted by molar-refractivity contribution is 5.88. The molecule has 0 spiro atoms. The van der Waals surface area contributed by atoms with Crippen molar-refractivity contribution >= 4 is 11.8 Å². The number of nitrogens with one attached hydrogen (secondary N) is 1. The topological polar surface area (TPSA) is 91.2 Å². The van der Waals surface area contributed by atoms with Gasteiger partial charge in [0.25, 0.3) is 0 Å². The smallest absolute Gasteiger partial charge is 0.412 e. The number of rotatable bonds is 1. The second-order valence-electron chi connectivity index (χ2n) is 5.58. The average molecular weight is 289 g/mol. The van der Waals surface area contributed by atoms with Crippen molar-refractivity contribution in [2.24, 2.45) is 0 Å². The van der Waals surface area contributed by atoms with E-state index in [1.807, 2.05) is 6.07 Å². The molecule has 0 bridgehead atoms. The van der Waals surface area contributed by atoms with Gasteiger partial charge in [0.2, 0.25) is 0 Å². The Morgan fingerprint density at radius 2 is 2.24 bits per heavy atom. The van der Waals surface area contributed by atoms with Crippen molar-refractivity contribution in [2.45, 2.75) is 33.0 Å². The van der Waals surface area contributed by atoms with E-state index in [-0.39, 0.29) is 6.61 Å². The van der Waals surface area contributed by atoms with Gasteiger partial charge in [-0.05, 0) is 43.3 Å². The van der Waals surface area contributed by atoms with E-state index >= 15 is 0 Å². The molecule has 0 radical (unpaired) electrons. The number of nitrogens with zero attached hydrogens (tertiary/aromatic N) is 4. The number of anilines is 1. The van der Waals surface area contributed by atoms with E-state index < -0.39 is 11.7 Å². The first kappa shape index (κ1) is 13.3. The first-order valence-electron chi connectivity index (χ1n) is 6.47. The predicted octanol–water partition coefficient (Wildman–Crippen LogP) is 1.90. The van der Waals surface area contributed by atoms with Crippen molar-refractivity contribution in [1.82, 2.24) is 20.2 Å². The zero-order chi connectivity index (χ0) is 15.0. The van der Waals surface area contributed by atoms with Crippen LogP contribution in [0.5, 0.6) is 5.75 Å². The van der Waals surface area contributed by atoms with Gasteiger partial charge in [-0.1, -0.05) is 6.07 Å². The maximum absolute atomic E-state index is 11.9. The highest BCUT2D eigenvalue weighted by Gasteiger charge is 2.24. The number of carbonyl (C=O) groups excluding carboxylic acids is 1. The lowest BCUT2D eigenvalue weighted by atomic mass is 10.2. The van der Waals surface area contributed by atoms with Crippen molar-refractivity contribution in [3.8, 4) is 11.4 Å². The molecule has 0 saturated heterocycles. The fourth-order valence-corrected chi connectivity index (χ4v) is 1.97. The van der Waals surface area contributed by atoms with Crippen LogP contribution in [0.2, 0.25) is 0 Å². The average Bonchev–Trinajstić information content (AvgIpc) is 2.85. The molecular weight excluding hydrogens is 274 g/mol. The summed E-state index contributed by atoms with van der Waals surface area (Å²) in [5.41, 5.74) is 0.626. The molecule has 0 unspecified atom stereocenters. The molecule has 1 aliphatic rings. The Hall–Kier alpha value is -2.64. The lowest BCUT2D eigenvalue weighted by molar-refractivity contribution is 0.0635. The molecule has 2 heterocycles. The van der Waals surface area contributed by atoms with Crippen molar-refractivity contribution in [3.05, 3.63) is 24.0 Å². The normalized spacial score (nSPS) is 12.9. The van der Waals surface area contributed by atoms with Gasteiger partial charge >= 0.3 is 6.09 Å². The Morgan fingerprint density at radius 3 is 3.00 bits per heavy atom. The molecule has 1 aromatic carbocycles. The van der Waals surface area contributed by atoms with Crippen LogP contribution in [-0.2, 0) is 11.3 Å². The fraction of sp³-hybridized carbons (Fsp3) is 0.385. The Kier molecular flexibility index (Phi) is 3.00. The molecular formula is C13H15N5O3. The SMILES string of the molecule is CC(C)(C)OC(=O)Nc1cccc2c1OCc1nnnn1-2. The van der Waals surface area contributed by atoms with Gasteiger partial charge in [0.05, 0.1) is 5.69 Å². The van der Waals surface area contributed by atoms with E-state index in [2.05, 4.69) is 20.8 Å². The summed E-state index contributed by atoms with van der Waals surface area (Å²) >= 11 is 0. The molecule has 110 valence electrons. The molecule has 0 atom stereocenters. The molecule has 1 aromatic heterocycles. The first-order chi connectivity index (χ1) is 9.94. The van der Waals surface area contributed by atoms with Crippen LogP contribution in [0.4, 0.5) is 10.5 Å². The Labute approximate surface area is 121 Å². The maximum Gasteiger partial charge on any atom is 0.412 e. The van der Waals surface area contributed by atoms with E-state index in [4.69, 9.17) is 9.47 Å². The zero-order valence-corrected chi connectivity index (χ0v) is 12.0. The van der Waals surface area contributed by atoms with Crippen LogP contribution >= 0.6 is 0 Å². The lowest BCUT2D eigenvalue weighted by Gasteiger charge is -2.22. The summed E-state index contributed by atoms with van der Waals surface area (Å²) in [5, 5.41) is 14.1. The summed E-state index contributed by atoms with van der Waals surface area (Å²) in [6, 6.07) is 5.33. The van der Waals surface area contributed by atoms with Crippen molar-refractivity contribution < 1.29 is 14.3 Å². The van der Waals surface area contributed by atoms with Gasteiger partial charge in [-0.3, -0.25) is 5.32 Å². The molecule has 1 aliphatic heterocycles. The van der Waals surface area contributed by atoms with E-state index in [0.29, 0.717) is 22.9 Å². The number of hydrogen-bond donors (Lipinski definition) is 1. The first-order valence-corrected chi connectivity index (χ1v) is 6.47. The Balaban J connectivity index is 1.89. The van der Waals surface area contributed by atoms with Gasteiger partial charge < -0.3 is 9.47 Å². The summed E-state index contributed by atoms with van der Waals surface area (Å²) in [6.45, 7) is 5.65. The maximum atomic E-state index is 11.9. The summed E-state index contributed by atoms with van der Waals surface area (Å²) < 4.78 is 12.5. The minimum atomic E-state index is -0.567. The van der Waals surface area contributed by atoms with E-state index in [1.165, 1.54) is 0 Å². The molecule has 8 nitrogen and oxygen atoms in total. The number of tetrazole rings is 1. The van der Waals surface area contributed by atoms with Gasteiger partial charge in [0.1, 0.15) is 11.3 Å². The molecule has 0 fully saturated rings. The van der Waals surface area contributed by atoms with Crippen LogP contribution in [-0.4, -0.2) is 31.9 Å². The second-order valence-corrected chi connectivity index (χ2v) is 5.58. The number of aromatic nitrogens is 4. The number of fused-ring (bicyclic) bond motifs is 3. The second kappa shape index (κ2) is 4.72. The third kappa shape index (κ3) is 2.64. The number of carbonyl (C=O) groups is 1. The van der Waals surface area contributed by atoms with Gasteiger partial charge in [0.15, 0.2) is 18.2 Å². The van der Waals surface area contributed by atoms with Gasteiger partial charge in [0, 0.05) is 0 Å². The van der Waals surface area contributed by atoms with Gasteiger partial charge in [-0.15, -0.1) is 5.10 Å². The molecule has 3 rings (SSSR count). The summed E-state index contributed by atoms with van der Waals surface area (Å²) in [6.07, 6.45) is -0.540. The molecule has 0 aliphatic carbocycles. The number of amides is 1.